The third-order valence-electron chi connectivity index (χ3n) is 2.06. The van der Waals surface area contributed by atoms with Crippen molar-refractivity contribution in [2.45, 2.75) is 6.92 Å². The highest BCUT2D eigenvalue weighted by Crippen LogP contribution is 2.35. The third kappa shape index (κ3) is 2.55. The van der Waals surface area contributed by atoms with E-state index in [2.05, 4.69) is 4.98 Å². The van der Waals surface area contributed by atoms with Crippen molar-refractivity contribution in [3.05, 3.63) is 27.9 Å². The Morgan fingerprint density at radius 1 is 1.63 bits per heavy atom. The molecule has 0 bridgehead atoms. The van der Waals surface area contributed by atoms with E-state index in [0.29, 0.717) is 4.88 Å². The molecule has 0 amide bonds. The molecule has 0 saturated carbocycles. The van der Waals surface area contributed by atoms with Crippen LogP contribution in [0.3, 0.4) is 0 Å². The Morgan fingerprint density at radius 2 is 2.37 bits per heavy atom. The van der Waals surface area contributed by atoms with Crippen LogP contribution < -0.4 is 4.74 Å². The minimum absolute atomic E-state index is 0.0149. The number of ether oxygens (including phenoxy) is 1. The summed E-state index contributed by atoms with van der Waals surface area (Å²) in [5.41, 5.74) is -0.354. The SMILES string of the molecule is CCOc1oc(-c2ccc([N+](=O)[O-])s2)nc1C(=O)O. The Bertz CT molecular complexity index is 632. The number of carbonyl (C=O) groups is 1. The van der Waals surface area contributed by atoms with Gasteiger partial charge in [0.15, 0.2) is 0 Å². The first-order valence-corrected chi connectivity index (χ1v) is 5.96. The molecule has 2 aromatic heterocycles. The summed E-state index contributed by atoms with van der Waals surface area (Å²) in [7, 11) is 0. The highest BCUT2D eigenvalue weighted by atomic mass is 32.1. The molecule has 9 heteroatoms. The number of rotatable bonds is 5. The Balaban J connectivity index is 2.41. The van der Waals surface area contributed by atoms with Crippen molar-refractivity contribution in [3.8, 4) is 16.7 Å². The summed E-state index contributed by atoms with van der Waals surface area (Å²) in [6.07, 6.45) is 0. The van der Waals surface area contributed by atoms with Gasteiger partial charge in [0.2, 0.25) is 11.6 Å². The summed E-state index contributed by atoms with van der Waals surface area (Å²) >= 11 is 0.842. The Hall–Kier alpha value is -2.42. The molecule has 19 heavy (non-hydrogen) atoms. The Kier molecular flexibility index (Phi) is 3.47. The average molecular weight is 284 g/mol. The quantitative estimate of drug-likeness (QED) is 0.661. The maximum absolute atomic E-state index is 10.9. The lowest BCUT2D eigenvalue weighted by Gasteiger charge is -1.96. The number of hydrogen-bond donors (Lipinski definition) is 1. The second kappa shape index (κ2) is 5.06. The molecule has 1 N–H and O–H groups in total. The molecule has 0 unspecified atom stereocenters. The van der Waals surface area contributed by atoms with E-state index in [4.69, 9.17) is 14.3 Å². The number of aromatic nitrogens is 1. The summed E-state index contributed by atoms with van der Waals surface area (Å²) in [6, 6.07) is 2.74. The summed E-state index contributed by atoms with van der Waals surface area (Å²) in [5, 5.41) is 19.4. The van der Waals surface area contributed by atoms with Crippen molar-refractivity contribution < 1.29 is 24.0 Å². The number of nitrogens with zero attached hydrogens (tertiary/aromatic N) is 2. The molecule has 100 valence electrons. The van der Waals surface area contributed by atoms with Gasteiger partial charge < -0.3 is 14.3 Å². The fraction of sp³-hybridized carbons (Fsp3) is 0.200. The lowest BCUT2D eigenvalue weighted by atomic mass is 10.4. The number of aromatic carboxylic acids is 1. The van der Waals surface area contributed by atoms with E-state index in [-0.39, 0.29) is 29.1 Å². The van der Waals surface area contributed by atoms with Crippen molar-refractivity contribution in [3.63, 3.8) is 0 Å². The molecular formula is C10H8N2O6S. The van der Waals surface area contributed by atoms with Crippen molar-refractivity contribution in [2.75, 3.05) is 6.61 Å². The molecule has 0 aliphatic rings. The fourth-order valence-electron chi connectivity index (χ4n) is 1.32. The molecular weight excluding hydrogens is 276 g/mol. The zero-order chi connectivity index (χ0) is 14.0. The van der Waals surface area contributed by atoms with Crippen molar-refractivity contribution in [2.24, 2.45) is 0 Å². The first-order chi connectivity index (χ1) is 9.02. The molecule has 0 radical (unpaired) electrons. The van der Waals surface area contributed by atoms with Crippen LogP contribution in [0.2, 0.25) is 0 Å². The van der Waals surface area contributed by atoms with Gasteiger partial charge in [-0.2, -0.15) is 4.98 Å². The van der Waals surface area contributed by atoms with Gasteiger partial charge in [-0.25, -0.2) is 4.79 Å². The molecule has 0 aromatic carbocycles. The van der Waals surface area contributed by atoms with Gasteiger partial charge in [0.1, 0.15) is 0 Å². The number of thiophene rings is 1. The van der Waals surface area contributed by atoms with Crippen LogP contribution in [-0.2, 0) is 0 Å². The summed E-state index contributed by atoms with van der Waals surface area (Å²) in [4.78, 5) is 25.1. The molecule has 0 spiro atoms. The molecule has 0 aliphatic carbocycles. The second-order valence-electron chi connectivity index (χ2n) is 3.29. The minimum Gasteiger partial charge on any atom is -0.476 e. The highest BCUT2D eigenvalue weighted by molar-refractivity contribution is 7.18. The lowest BCUT2D eigenvalue weighted by Crippen LogP contribution is -2.01. The summed E-state index contributed by atoms with van der Waals surface area (Å²) in [6.45, 7) is 1.89. The standard InChI is InChI=1S/C10H8N2O6S/c1-2-17-10-7(9(13)14)11-8(18-10)5-3-4-6(19-5)12(15)16/h3-4H,2H2,1H3,(H,13,14). The van der Waals surface area contributed by atoms with Crippen LogP contribution in [0.1, 0.15) is 17.4 Å². The van der Waals surface area contributed by atoms with Gasteiger partial charge in [0, 0.05) is 6.07 Å². The summed E-state index contributed by atoms with van der Waals surface area (Å²) in [5.74, 6) is -1.51. The molecule has 2 aromatic rings. The van der Waals surface area contributed by atoms with E-state index in [1.807, 2.05) is 0 Å². The number of carboxylic acids is 1. The van der Waals surface area contributed by atoms with Gasteiger partial charge in [-0.05, 0) is 13.0 Å². The Morgan fingerprint density at radius 3 is 2.89 bits per heavy atom. The number of carboxylic acid groups (broad SMARTS) is 1. The van der Waals surface area contributed by atoms with Crippen LogP contribution in [0, 0.1) is 10.1 Å². The second-order valence-corrected chi connectivity index (χ2v) is 4.35. The van der Waals surface area contributed by atoms with Crippen LogP contribution in [-0.4, -0.2) is 27.6 Å². The predicted molar refractivity (Wildman–Crippen MR) is 64.6 cm³/mol. The average Bonchev–Trinajstić information content (AvgIpc) is 2.94. The highest BCUT2D eigenvalue weighted by Gasteiger charge is 2.23. The van der Waals surface area contributed by atoms with Gasteiger partial charge in [0.25, 0.3) is 0 Å². The molecule has 2 rings (SSSR count). The van der Waals surface area contributed by atoms with E-state index in [0.717, 1.165) is 11.3 Å². The lowest BCUT2D eigenvalue weighted by molar-refractivity contribution is -0.380. The van der Waals surface area contributed by atoms with Crippen LogP contribution in [0.4, 0.5) is 5.00 Å². The van der Waals surface area contributed by atoms with Crippen molar-refractivity contribution in [1.29, 1.82) is 0 Å². The van der Waals surface area contributed by atoms with Crippen molar-refractivity contribution >= 4 is 22.3 Å². The van der Waals surface area contributed by atoms with Crippen LogP contribution in [0.5, 0.6) is 5.95 Å². The molecule has 0 aliphatic heterocycles. The van der Waals surface area contributed by atoms with Crippen LogP contribution in [0.15, 0.2) is 16.5 Å². The van der Waals surface area contributed by atoms with E-state index in [1.165, 1.54) is 12.1 Å². The first-order valence-electron chi connectivity index (χ1n) is 5.14. The van der Waals surface area contributed by atoms with E-state index < -0.39 is 10.9 Å². The Labute approximate surface area is 110 Å². The first kappa shape index (κ1) is 13.0. The fourth-order valence-corrected chi connectivity index (χ4v) is 2.06. The zero-order valence-electron chi connectivity index (χ0n) is 9.65. The van der Waals surface area contributed by atoms with Gasteiger partial charge in [-0.1, -0.05) is 11.3 Å². The van der Waals surface area contributed by atoms with E-state index >= 15 is 0 Å². The van der Waals surface area contributed by atoms with E-state index in [1.54, 1.807) is 6.92 Å². The molecule has 0 saturated heterocycles. The monoisotopic (exact) mass is 284 g/mol. The topological polar surface area (TPSA) is 116 Å². The molecule has 8 nitrogen and oxygen atoms in total. The van der Waals surface area contributed by atoms with E-state index in [9.17, 15) is 14.9 Å². The largest absolute Gasteiger partial charge is 0.476 e. The zero-order valence-corrected chi connectivity index (χ0v) is 10.5. The molecule has 0 fully saturated rings. The predicted octanol–water partition coefficient (Wildman–Crippen LogP) is 2.41. The molecule has 0 atom stereocenters. The number of hydrogen-bond acceptors (Lipinski definition) is 7. The smallest absolute Gasteiger partial charge is 0.362 e. The van der Waals surface area contributed by atoms with Crippen LogP contribution >= 0.6 is 11.3 Å². The van der Waals surface area contributed by atoms with Gasteiger partial charge in [0.05, 0.1) is 16.4 Å². The van der Waals surface area contributed by atoms with Crippen LogP contribution in [0.25, 0.3) is 10.8 Å². The maximum atomic E-state index is 10.9. The normalized spacial score (nSPS) is 10.4. The molecule has 2 heterocycles. The maximum Gasteiger partial charge on any atom is 0.362 e. The summed E-state index contributed by atoms with van der Waals surface area (Å²) < 4.78 is 10.2. The van der Waals surface area contributed by atoms with Gasteiger partial charge in [-0.3, -0.25) is 10.1 Å². The van der Waals surface area contributed by atoms with Crippen molar-refractivity contribution in [1.82, 2.24) is 4.98 Å². The number of nitro groups is 1. The minimum atomic E-state index is -1.29. The van der Waals surface area contributed by atoms with Gasteiger partial charge >= 0.3 is 16.9 Å². The number of oxazole rings is 1. The third-order valence-corrected chi connectivity index (χ3v) is 3.08. The van der Waals surface area contributed by atoms with Gasteiger partial charge in [-0.15, -0.1) is 0 Å².